The zero-order valence-corrected chi connectivity index (χ0v) is 15.4. The fraction of sp³-hybridized carbons (Fsp3) is 0.526. The summed E-state index contributed by atoms with van der Waals surface area (Å²) in [5.74, 6) is 0.822. The number of benzene rings is 1. The van der Waals surface area contributed by atoms with Crippen LogP contribution in [0.3, 0.4) is 0 Å². The molecule has 2 heterocycles. The molecule has 6 heteroatoms. The number of aromatic nitrogens is 2. The van der Waals surface area contributed by atoms with Crippen LogP contribution < -0.4 is 10.1 Å². The zero-order valence-electron chi connectivity index (χ0n) is 15.4. The second-order valence-corrected chi connectivity index (χ2v) is 6.45. The van der Waals surface area contributed by atoms with Gasteiger partial charge in [0.05, 0.1) is 31.6 Å². The van der Waals surface area contributed by atoms with E-state index in [2.05, 4.69) is 45.6 Å². The van der Waals surface area contributed by atoms with E-state index >= 15 is 0 Å². The second kappa shape index (κ2) is 8.47. The Morgan fingerprint density at radius 1 is 1.24 bits per heavy atom. The number of morpholine rings is 1. The minimum Gasteiger partial charge on any atom is -0.481 e. The predicted octanol–water partition coefficient (Wildman–Crippen LogP) is 1.90. The Morgan fingerprint density at radius 2 is 1.96 bits per heavy atom. The van der Waals surface area contributed by atoms with Crippen molar-refractivity contribution in [3.05, 3.63) is 47.2 Å². The van der Waals surface area contributed by atoms with Gasteiger partial charge in [0.2, 0.25) is 5.88 Å². The molecule has 1 fully saturated rings. The monoisotopic (exact) mass is 344 g/mol. The van der Waals surface area contributed by atoms with Gasteiger partial charge in [-0.1, -0.05) is 30.3 Å². The van der Waals surface area contributed by atoms with Gasteiger partial charge < -0.3 is 14.8 Å². The molecule has 1 aliphatic rings. The first kappa shape index (κ1) is 17.9. The molecule has 2 aromatic rings. The molecular formula is C19H28N4O2. The van der Waals surface area contributed by atoms with Gasteiger partial charge in [-0.2, -0.15) is 5.10 Å². The second-order valence-electron chi connectivity index (χ2n) is 6.45. The van der Waals surface area contributed by atoms with Crippen molar-refractivity contribution in [2.45, 2.75) is 19.5 Å². The molecule has 0 bridgehead atoms. The van der Waals surface area contributed by atoms with Crippen molar-refractivity contribution in [1.29, 1.82) is 0 Å². The third kappa shape index (κ3) is 4.39. The van der Waals surface area contributed by atoms with Gasteiger partial charge in [-0.15, -0.1) is 0 Å². The standard InChI is InChI=1S/C19H28N4O2/c1-15-17(19(24-3)22(2)21-15)13-20-18(16-7-5-4-6-8-16)14-23-9-11-25-12-10-23/h4-8,18,20H,9-14H2,1-3H3/t18-/m1/s1. The summed E-state index contributed by atoms with van der Waals surface area (Å²) in [7, 11) is 3.61. The van der Waals surface area contributed by atoms with E-state index in [1.54, 1.807) is 11.8 Å². The molecule has 0 amide bonds. The highest BCUT2D eigenvalue weighted by Crippen LogP contribution is 2.23. The van der Waals surface area contributed by atoms with Crippen LogP contribution in [0.2, 0.25) is 0 Å². The van der Waals surface area contributed by atoms with Crippen molar-refractivity contribution in [3.63, 3.8) is 0 Å². The molecule has 0 spiro atoms. The van der Waals surface area contributed by atoms with Crippen LogP contribution in [0.1, 0.15) is 22.9 Å². The zero-order chi connectivity index (χ0) is 17.6. The third-order valence-corrected chi connectivity index (χ3v) is 4.75. The highest BCUT2D eigenvalue weighted by molar-refractivity contribution is 5.31. The number of nitrogens with zero attached hydrogens (tertiary/aromatic N) is 3. The van der Waals surface area contributed by atoms with Crippen molar-refractivity contribution in [1.82, 2.24) is 20.0 Å². The summed E-state index contributed by atoms with van der Waals surface area (Å²) in [6, 6.07) is 10.9. The third-order valence-electron chi connectivity index (χ3n) is 4.75. The fourth-order valence-corrected chi connectivity index (χ4v) is 3.38. The number of methoxy groups -OCH3 is 1. The summed E-state index contributed by atoms with van der Waals surface area (Å²) >= 11 is 0. The quantitative estimate of drug-likeness (QED) is 0.831. The van der Waals surface area contributed by atoms with Crippen LogP contribution in [0.5, 0.6) is 5.88 Å². The molecular weight excluding hydrogens is 316 g/mol. The minimum absolute atomic E-state index is 0.253. The van der Waals surface area contributed by atoms with Crippen LogP contribution >= 0.6 is 0 Å². The van der Waals surface area contributed by atoms with Crippen molar-refractivity contribution >= 4 is 0 Å². The van der Waals surface area contributed by atoms with Gasteiger partial charge in [-0.05, 0) is 12.5 Å². The van der Waals surface area contributed by atoms with Crippen LogP contribution in [-0.2, 0) is 18.3 Å². The number of hydrogen-bond acceptors (Lipinski definition) is 5. The Labute approximate surface area is 149 Å². The fourth-order valence-electron chi connectivity index (χ4n) is 3.38. The lowest BCUT2D eigenvalue weighted by Gasteiger charge is -2.31. The average molecular weight is 344 g/mol. The van der Waals surface area contributed by atoms with Gasteiger partial charge in [0, 0.05) is 39.3 Å². The SMILES string of the molecule is COc1c(CN[C@H](CN2CCOCC2)c2ccccc2)c(C)nn1C. The topological polar surface area (TPSA) is 51.6 Å². The van der Waals surface area contributed by atoms with E-state index in [0.717, 1.165) is 56.5 Å². The summed E-state index contributed by atoms with van der Waals surface area (Å²) in [6.45, 7) is 7.33. The van der Waals surface area contributed by atoms with Gasteiger partial charge in [-0.25, -0.2) is 4.68 Å². The Hall–Kier alpha value is -1.89. The van der Waals surface area contributed by atoms with Gasteiger partial charge in [0.1, 0.15) is 0 Å². The van der Waals surface area contributed by atoms with E-state index in [1.165, 1.54) is 5.56 Å². The Balaban J connectivity index is 1.73. The van der Waals surface area contributed by atoms with Crippen molar-refractivity contribution in [2.24, 2.45) is 7.05 Å². The lowest BCUT2D eigenvalue weighted by Crippen LogP contribution is -2.41. The molecule has 0 aliphatic carbocycles. The Morgan fingerprint density at radius 3 is 2.64 bits per heavy atom. The largest absolute Gasteiger partial charge is 0.481 e. The molecule has 136 valence electrons. The van der Waals surface area contributed by atoms with E-state index in [-0.39, 0.29) is 6.04 Å². The maximum Gasteiger partial charge on any atom is 0.216 e. The lowest BCUT2D eigenvalue weighted by molar-refractivity contribution is 0.0333. The lowest BCUT2D eigenvalue weighted by atomic mass is 10.1. The van der Waals surface area contributed by atoms with Crippen LogP contribution in [0, 0.1) is 6.92 Å². The van der Waals surface area contributed by atoms with E-state index in [9.17, 15) is 0 Å². The average Bonchev–Trinajstić information content (AvgIpc) is 2.92. The minimum atomic E-state index is 0.253. The van der Waals surface area contributed by atoms with Gasteiger partial charge in [-0.3, -0.25) is 4.90 Å². The normalized spacial score (nSPS) is 16.8. The highest BCUT2D eigenvalue weighted by atomic mass is 16.5. The van der Waals surface area contributed by atoms with Crippen LogP contribution in [0.15, 0.2) is 30.3 Å². The number of ether oxygens (including phenoxy) is 2. The molecule has 0 radical (unpaired) electrons. The van der Waals surface area contributed by atoms with Crippen molar-refractivity contribution in [2.75, 3.05) is 40.0 Å². The van der Waals surface area contributed by atoms with Gasteiger partial charge in [0.25, 0.3) is 0 Å². The molecule has 3 rings (SSSR count). The Bertz CT molecular complexity index is 666. The van der Waals surface area contributed by atoms with E-state index in [1.807, 2.05) is 14.0 Å². The molecule has 0 saturated carbocycles. The summed E-state index contributed by atoms with van der Waals surface area (Å²) in [5, 5.41) is 8.19. The number of aryl methyl sites for hydroxylation is 2. The van der Waals surface area contributed by atoms with Crippen LogP contribution in [-0.4, -0.2) is 54.6 Å². The molecule has 1 saturated heterocycles. The van der Waals surface area contributed by atoms with E-state index in [0.29, 0.717) is 0 Å². The molecule has 25 heavy (non-hydrogen) atoms. The molecule has 6 nitrogen and oxygen atoms in total. The first-order valence-corrected chi connectivity index (χ1v) is 8.84. The molecule has 1 aromatic heterocycles. The summed E-state index contributed by atoms with van der Waals surface area (Å²) in [4.78, 5) is 2.46. The molecule has 1 aliphatic heterocycles. The summed E-state index contributed by atoms with van der Waals surface area (Å²) < 4.78 is 12.8. The molecule has 1 atom stereocenters. The Kier molecular flexibility index (Phi) is 6.07. The number of hydrogen-bond donors (Lipinski definition) is 1. The molecule has 0 unspecified atom stereocenters. The van der Waals surface area contributed by atoms with Crippen LogP contribution in [0.25, 0.3) is 0 Å². The maximum atomic E-state index is 5.52. The predicted molar refractivity (Wildman–Crippen MR) is 97.8 cm³/mol. The molecule has 1 aromatic carbocycles. The van der Waals surface area contributed by atoms with Crippen molar-refractivity contribution < 1.29 is 9.47 Å². The van der Waals surface area contributed by atoms with Gasteiger partial charge in [0.15, 0.2) is 0 Å². The molecule has 1 N–H and O–H groups in total. The highest BCUT2D eigenvalue weighted by Gasteiger charge is 2.20. The first-order chi connectivity index (χ1) is 12.2. The first-order valence-electron chi connectivity index (χ1n) is 8.84. The van der Waals surface area contributed by atoms with Crippen LogP contribution in [0.4, 0.5) is 0 Å². The van der Waals surface area contributed by atoms with E-state index < -0.39 is 0 Å². The number of nitrogens with one attached hydrogen (secondary N) is 1. The summed E-state index contributed by atoms with van der Waals surface area (Å²) in [5.41, 5.74) is 3.42. The maximum absolute atomic E-state index is 5.52. The van der Waals surface area contributed by atoms with E-state index in [4.69, 9.17) is 9.47 Å². The summed E-state index contributed by atoms with van der Waals surface area (Å²) in [6.07, 6.45) is 0. The van der Waals surface area contributed by atoms with Gasteiger partial charge >= 0.3 is 0 Å². The smallest absolute Gasteiger partial charge is 0.216 e. The van der Waals surface area contributed by atoms with Crippen molar-refractivity contribution in [3.8, 4) is 5.88 Å². The number of rotatable bonds is 7.